The molecule has 6 heteroatoms. The summed E-state index contributed by atoms with van der Waals surface area (Å²) in [7, 11) is 3.19. The van der Waals surface area contributed by atoms with Crippen molar-refractivity contribution in [1.82, 2.24) is 10.3 Å². The van der Waals surface area contributed by atoms with Gasteiger partial charge in [-0.3, -0.25) is 4.79 Å². The number of methoxy groups -OCH3 is 2. The van der Waals surface area contributed by atoms with Crippen molar-refractivity contribution in [3.05, 3.63) is 58.7 Å². The van der Waals surface area contributed by atoms with Gasteiger partial charge in [0.25, 0.3) is 0 Å². The van der Waals surface area contributed by atoms with Crippen molar-refractivity contribution in [1.29, 1.82) is 0 Å². The summed E-state index contributed by atoms with van der Waals surface area (Å²) in [6.45, 7) is 0.634. The fourth-order valence-electron chi connectivity index (χ4n) is 3.74. The van der Waals surface area contributed by atoms with Gasteiger partial charge in [0, 0.05) is 34.1 Å². The number of carbonyl (C=O) groups is 1. The molecule has 2 aromatic carbocycles. The monoisotopic (exact) mass is 398 g/mol. The minimum Gasteiger partial charge on any atom is -0.493 e. The van der Waals surface area contributed by atoms with Gasteiger partial charge < -0.3 is 19.8 Å². The lowest BCUT2D eigenvalue weighted by atomic mass is 9.95. The molecular formula is C22H23ClN2O3. The highest BCUT2D eigenvalue weighted by molar-refractivity contribution is 6.31. The number of rotatable bonds is 7. The fraction of sp³-hybridized carbons (Fsp3) is 0.318. The highest BCUT2D eigenvalue weighted by Gasteiger charge is 2.45. The first-order valence-electron chi connectivity index (χ1n) is 9.29. The van der Waals surface area contributed by atoms with E-state index in [0.717, 1.165) is 23.9 Å². The Balaban J connectivity index is 1.43. The summed E-state index contributed by atoms with van der Waals surface area (Å²) >= 11 is 6.08. The second-order valence-electron chi connectivity index (χ2n) is 7.32. The lowest BCUT2D eigenvalue weighted by Gasteiger charge is -2.16. The maximum atomic E-state index is 12.5. The van der Waals surface area contributed by atoms with Crippen LogP contribution in [0.1, 0.15) is 24.0 Å². The quantitative estimate of drug-likeness (QED) is 0.626. The van der Waals surface area contributed by atoms with E-state index in [1.165, 1.54) is 10.9 Å². The zero-order valence-corrected chi connectivity index (χ0v) is 16.7. The first-order valence-corrected chi connectivity index (χ1v) is 9.67. The fourth-order valence-corrected chi connectivity index (χ4v) is 3.91. The molecule has 2 N–H and O–H groups in total. The number of ether oxygens (including phenoxy) is 2. The molecule has 1 aliphatic carbocycles. The van der Waals surface area contributed by atoms with E-state index in [4.69, 9.17) is 21.1 Å². The van der Waals surface area contributed by atoms with Gasteiger partial charge in [-0.05, 0) is 48.2 Å². The van der Waals surface area contributed by atoms with Crippen LogP contribution in [0.4, 0.5) is 0 Å². The summed E-state index contributed by atoms with van der Waals surface area (Å²) < 4.78 is 10.6. The minimum absolute atomic E-state index is 0.00128. The zero-order chi connectivity index (χ0) is 19.7. The summed E-state index contributed by atoms with van der Waals surface area (Å²) in [6, 6.07) is 11.4. The molecule has 28 heavy (non-hydrogen) atoms. The molecule has 1 saturated carbocycles. The van der Waals surface area contributed by atoms with E-state index < -0.39 is 0 Å². The third-order valence-electron chi connectivity index (χ3n) is 5.51. The molecule has 1 fully saturated rings. The number of aromatic amines is 1. The predicted molar refractivity (Wildman–Crippen MR) is 110 cm³/mol. The van der Waals surface area contributed by atoms with Crippen molar-refractivity contribution < 1.29 is 14.3 Å². The number of H-pyrrole nitrogens is 1. The number of hydrogen-bond acceptors (Lipinski definition) is 3. The summed E-state index contributed by atoms with van der Waals surface area (Å²) in [5, 5.41) is 5.01. The van der Waals surface area contributed by atoms with Gasteiger partial charge in [-0.25, -0.2) is 0 Å². The molecule has 0 saturated heterocycles. The Labute approximate surface area is 169 Å². The molecule has 146 valence electrons. The normalized spacial score (nSPS) is 14.7. The second-order valence-corrected chi connectivity index (χ2v) is 7.75. The Kier molecular flexibility index (Phi) is 4.94. The number of nitrogens with one attached hydrogen (secondary N) is 2. The molecule has 4 rings (SSSR count). The van der Waals surface area contributed by atoms with E-state index in [1.54, 1.807) is 14.2 Å². The Morgan fingerprint density at radius 1 is 1.14 bits per heavy atom. The van der Waals surface area contributed by atoms with Crippen LogP contribution in [-0.2, 0) is 16.6 Å². The lowest BCUT2D eigenvalue weighted by molar-refractivity contribution is -0.120. The van der Waals surface area contributed by atoms with Crippen LogP contribution >= 0.6 is 11.6 Å². The van der Waals surface area contributed by atoms with Gasteiger partial charge >= 0.3 is 0 Å². The zero-order valence-electron chi connectivity index (χ0n) is 16.0. The van der Waals surface area contributed by atoms with Crippen LogP contribution in [0.15, 0.2) is 42.6 Å². The van der Waals surface area contributed by atoms with Crippen LogP contribution in [0.3, 0.4) is 0 Å². The van der Waals surface area contributed by atoms with E-state index in [2.05, 4.69) is 22.6 Å². The Morgan fingerprint density at radius 2 is 1.93 bits per heavy atom. The molecule has 1 amide bonds. The van der Waals surface area contributed by atoms with Crippen LogP contribution in [0.2, 0.25) is 5.02 Å². The average Bonchev–Trinajstić information content (AvgIpc) is 3.37. The van der Waals surface area contributed by atoms with Gasteiger partial charge in [-0.15, -0.1) is 0 Å². The summed E-state index contributed by atoms with van der Waals surface area (Å²) in [5.74, 6) is 1.29. The smallest absolute Gasteiger partial charge is 0.224 e. The van der Waals surface area contributed by atoms with Crippen molar-refractivity contribution >= 4 is 28.4 Å². The Hall–Kier alpha value is -2.66. The van der Waals surface area contributed by atoms with Crippen molar-refractivity contribution in [3.8, 4) is 11.5 Å². The number of aromatic nitrogens is 1. The van der Waals surface area contributed by atoms with Gasteiger partial charge in [0.15, 0.2) is 11.5 Å². The third-order valence-corrected chi connectivity index (χ3v) is 5.74. The number of amides is 1. The van der Waals surface area contributed by atoms with Crippen LogP contribution in [0.25, 0.3) is 10.9 Å². The summed E-state index contributed by atoms with van der Waals surface area (Å²) in [5.41, 5.74) is 3.19. The average molecular weight is 399 g/mol. The van der Waals surface area contributed by atoms with Crippen LogP contribution in [-0.4, -0.2) is 31.7 Å². The number of carbonyl (C=O) groups excluding carboxylic acids is 1. The highest BCUT2D eigenvalue weighted by Crippen LogP contribution is 2.50. The van der Waals surface area contributed by atoms with Crippen molar-refractivity contribution in [2.45, 2.75) is 24.7 Å². The molecule has 0 aliphatic heterocycles. The van der Waals surface area contributed by atoms with Crippen LogP contribution in [0.5, 0.6) is 11.5 Å². The molecule has 0 bridgehead atoms. The molecule has 1 aromatic heterocycles. The topological polar surface area (TPSA) is 63.3 Å². The largest absolute Gasteiger partial charge is 0.493 e. The minimum atomic E-state index is 0.00128. The van der Waals surface area contributed by atoms with Gasteiger partial charge in [-0.1, -0.05) is 23.7 Å². The van der Waals surface area contributed by atoms with Gasteiger partial charge in [-0.2, -0.15) is 0 Å². The highest BCUT2D eigenvalue weighted by atomic mass is 35.5. The van der Waals surface area contributed by atoms with Crippen molar-refractivity contribution in [3.63, 3.8) is 0 Å². The molecule has 5 nitrogen and oxygen atoms in total. The first kappa shape index (κ1) is 18.7. The molecule has 0 radical (unpaired) electrons. The van der Waals surface area contributed by atoms with Gasteiger partial charge in [0.2, 0.25) is 5.91 Å². The number of fused-ring (bicyclic) bond motifs is 1. The maximum absolute atomic E-state index is 12.5. The van der Waals surface area contributed by atoms with E-state index >= 15 is 0 Å². The predicted octanol–water partition coefficient (Wildman–Crippen LogP) is 4.23. The molecule has 0 unspecified atom stereocenters. The number of hydrogen-bond donors (Lipinski definition) is 2. The van der Waals surface area contributed by atoms with Crippen molar-refractivity contribution in [2.24, 2.45) is 0 Å². The Bertz CT molecular complexity index is 1020. The summed E-state index contributed by atoms with van der Waals surface area (Å²) in [4.78, 5) is 15.8. The molecule has 1 aliphatic rings. The Morgan fingerprint density at radius 3 is 2.64 bits per heavy atom. The molecule has 3 aromatic rings. The number of benzene rings is 2. The molecule has 0 spiro atoms. The maximum Gasteiger partial charge on any atom is 0.224 e. The van der Waals surface area contributed by atoms with E-state index in [-0.39, 0.29) is 11.3 Å². The van der Waals surface area contributed by atoms with E-state index in [9.17, 15) is 4.79 Å². The van der Waals surface area contributed by atoms with Crippen LogP contribution in [0, 0.1) is 0 Å². The second kappa shape index (κ2) is 7.40. The number of halogens is 1. The summed E-state index contributed by atoms with van der Waals surface area (Å²) in [6.07, 6.45) is 4.49. The molecule has 0 atom stereocenters. The van der Waals surface area contributed by atoms with E-state index in [1.807, 2.05) is 30.3 Å². The van der Waals surface area contributed by atoms with E-state index in [0.29, 0.717) is 29.5 Å². The van der Waals surface area contributed by atoms with Gasteiger partial charge in [0.1, 0.15) is 0 Å². The SMILES string of the molecule is COc1ccc(CC(=O)NCC2(c3c[nH]c4cc(Cl)ccc34)CC2)cc1OC. The lowest BCUT2D eigenvalue weighted by Crippen LogP contribution is -2.33. The first-order chi connectivity index (χ1) is 13.5. The van der Waals surface area contributed by atoms with Gasteiger partial charge in [0.05, 0.1) is 20.6 Å². The molecular weight excluding hydrogens is 376 g/mol. The standard InChI is InChI=1S/C22H23ClN2O3/c1-27-19-6-3-14(9-20(19)28-2)10-21(26)25-13-22(7-8-22)17-12-24-18-11-15(23)4-5-16(17)18/h3-6,9,11-12,24H,7-8,10,13H2,1-2H3,(H,25,26). The van der Waals surface area contributed by atoms with Crippen molar-refractivity contribution in [2.75, 3.05) is 20.8 Å². The molecule has 1 heterocycles. The third kappa shape index (κ3) is 3.54. The van der Waals surface area contributed by atoms with Crippen LogP contribution < -0.4 is 14.8 Å².